The molecule has 0 bridgehead atoms. The molecule has 128 valence electrons. The van der Waals surface area contributed by atoms with Gasteiger partial charge in [0.2, 0.25) is 11.8 Å². The van der Waals surface area contributed by atoms with Gasteiger partial charge in [0.1, 0.15) is 5.82 Å². The Morgan fingerprint density at radius 3 is 2.83 bits per heavy atom. The van der Waals surface area contributed by atoms with Crippen LogP contribution in [0.4, 0.5) is 0 Å². The minimum Gasteiger partial charge on any atom is -0.347 e. The van der Waals surface area contributed by atoms with Gasteiger partial charge in [0, 0.05) is 50.9 Å². The average Bonchev–Trinajstić information content (AvgIpc) is 2.83. The quantitative estimate of drug-likeness (QED) is 0.848. The number of aromatic nitrogens is 2. The Bertz CT molecular complexity index is 554. The molecule has 1 aliphatic rings. The maximum absolute atomic E-state index is 12.4. The second-order valence-corrected chi connectivity index (χ2v) is 6.58. The first-order valence-electron chi connectivity index (χ1n) is 8.09. The van der Waals surface area contributed by atoms with Gasteiger partial charge in [-0.25, -0.2) is 4.98 Å². The number of hydrogen-bond donors (Lipinski definition) is 1. The molecule has 1 N–H and O–H groups in total. The topological polar surface area (TPSA) is 70.5 Å². The second-order valence-electron chi connectivity index (χ2n) is 6.58. The number of imidazole rings is 1. The van der Waals surface area contributed by atoms with Crippen LogP contribution in [0, 0.1) is 5.92 Å². The van der Waals surface area contributed by atoms with Crippen LogP contribution in [0.3, 0.4) is 0 Å². The standard InChI is InChI=1S/C16H27N5O2/c1-12(2)19(4)8-14-9-20-6-5-17-15(20)11-21(10-14)16(23)7-18-13(3)22/h5-6,12,14H,7-11H2,1-4H3,(H,18,22). The molecule has 0 aromatic carbocycles. The molecule has 1 atom stereocenters. The first-order chi connectivity index (χ1) is 10.9. The van der Waals surface area contributed by atoms with Crippen LogP contribution in [-0.4, -0.2) is 63.9 Å². The summed E-state index contributed by atoms with van der Waals surface area (Å²) in [6, 6.07) is 0.462. The van der Waals surface area contributed by atoms with Crippen molar-refractivity contribution in [2.45, 2.75) is 39.9 Å². The van der Waals surface area contributed by atoms with Crippen molar-refractivity contribution in [2.24, 2.45) is 5.92 Å². The van der Waals surface area contributed by atoms with E-state index in [9.17, 15) is 9.59 Å². The normalized spacial score (nSPS) is 18.0. The van der Waals surface area contributed by atoms with Crippen molar-refractivity contribution in [1.29, 1.82) is 0 Å². The third-order valence-electron chi connectivity index (χ3n) is 4.34. The summed E-state index contributed by atoms with van der Waals surface area (Å²) < 4.78 is 2.13. The number of carbonyl (C=O) groups is 2. The number of rotatable bonds is 5. The van der Waals surface area contributed by atoms with Crippen molar-refractivity contribution >= 4 is 11.8 Å². The van der Waals surface area contributed by atoms with E-state index >= 15 is 0 Å². The van der Waals surface area contributed by atoms with Crippen LogP contribution < -0.4 is 5.32 Å². The molecule has 0 radical (unpaired) electrons. The zero-order valence-electron chi connectivity index (χ0n) is 14.5. The molecule has 0 aliphatic carbocycles. The van der Waals surface area contributed by atoms with Crippen molar-refractivity contribution in [3.8, 4) is 0 Å². The van der Waals surface area contributed by atoms with E-state index in [2.05, 4.69) is 40.7 Å². The van der Waals surface area contributed by atoms with Gasteiger partial charge in [0.25, 0.3) is 0 Å². The van der Waals surface area contributed by atoms with Crippen molar-refractivity contribution in [3.63, 3.8) is 0 Å². The van der Waals surface area contributed by atoms with E-state index in [1.54, 1.807) is 11.1 Å². The summed E-state index contributed by atoms with van der Waals surface area (Å²) in [4.78, 5) is 31.9. The molecule has 1 aliphatic heterocycles. The van der Waals surface area contributed by atoms with Gasteiger partial charge in [0.05, 0.1) is 13.1 Å². The number of carbonyl (C=O) groups excluding carboxylic acids is 2. The molecule has 0 fully saturated rings. The Labute approximate surface area is 137 Å². The molecule has 7 nitrogen and oxygen atoms in total. The fraction of sp³-hybridized carbons (Fsp3) is 0.688. The molecule has 7 heteroatoms. The third kappa shape index (κ3) is 4.79. The zero-order valence-corrected chi connectivity index (χ0v) is 14.5. The van der Waals surface area contributed by atoms with Crippen LogP contribution in [0.5, 0.6) is 0 Å². The van der Waals surface area contributed by atoms with Crippen molar-refractivity contribution < 1.29 is 9.59 Å². The summed E-state index contributed by atoms with van der Waals surface area (Å²) >= 11 is 0. The average molecular weight is 321 g/mol. The highest BCUT2D eigenvalue weighted by atomic mass is 16.2. The molecule has 0 spiro atoms. The highest BCUT2D eigenvalue weighted by Crippen LogP contribution is 2.17. The van der Waals surface area contributed by atoms with Gasteiger partial charge in [-0.05, 0) is 20.9 Å². The van der Waals surface area contributed by atoms with Crippen molar-refractivity contribution in [2.75, 3.05) is 26.7 Å². The minimum absolute atomic E-state index is 0.0444. The van der Waals surface area contributed by atoms with Crippen LogP contribution in [0.25, 0.3) is 0 Å². The molecule has 23 heavy (non-hydrogen) atoms. The smallest absolute Gasteiger partial charge is 0.242 e. The van der Waals surface area contributed by atoms with E-state index in [-0.39, 0.29) is 18.4 Å². The summed E-state index contributed by atoms with van der Waals surface area (Å²) in [5.74, 6) is 0.981. The first kappa shape index (κ1) is 17.5. The second kappa shape index (κ2) is 7.59. The summed E-state index contributed by atoms with van der Waals surface area (Å²) in [6.07, 6.45) is 3.75. The lowest BCUT2D eigenvalue weighted by Crippen LogP contribution is -2.43. The largest absolute Gasteiger partial charge is 0.347 e. The molecule has 2 heterocycles. The van der Waals surface area contributed by atoms with E-state index in [0.717, 1.165) is 18.9 Å². The summed E-state index contributed by atoms with van der Waals surface area (Å²) in [5.41, 5.74) is 0. The van der Waals surface area contributed by atoms with Gasteiger partial charge in [-0.1, -0.05) is 0 Å². The van der Waals surface area contributed by atoms with E-state index < -0.39 is 0 Å². The summed E-state index contributed by atoms with van der Waals surface area (Å²) in [7, 11) is 2.11. The van der Waals surface area contributed by atoms with E-state index in [4.69, 9.17) is 0 Å². The van der Waals surface area contributed by atoms with Crippen LogP contribution in [0.15, 0.2) is 12.4 Å². The summed E-state index contributed by atoms with van der Waals surface area (Å²) in [5, 5.41) is 2.59. The lowest BCUT2D eigenvalue weighted by atomic mass is 10.1. The highest BCUT2D eigenvalue weighted by molar-refractivity contribution is 5.83. The van der Waals surface area contributed by atoms with Crippen molar-refractivity contribution in [3.05, 3.63) is 18.2 Å². The maximum Gasteiger partial charge on any atom is 0.242 e. The number of nitrogens with zero attached hydrogens (tertiary/aromatic N) is 4. The van der Waals surface area contributed by atoms with Crippen molar-refractivity contribution in [1.82, 2.24) is 24.7 Å². The number of hydrogen-bond acceptors (Lipinski definition) is 4. The summed E-state index contributed by atoms with van der Waals surface area (Å²) in [6.45, 7) is 8.74. The van der Waals surface area contributed by atoms with E-state index in [0.29, 0.717) is 25.0 Å². The molecule has 2 rings (SSSR count). The number of nitrogens with one attached hydrogen (secondary N) is 1. The molecular formula is C16H27N5O2. The lowest BCUT2D eigenvalue weighted by Gasteiger charge is -2.29. The zero-order chi connectivity index (χ0) is 17.0. The Morgan fingerprint density at radius 1 is 1.43 bits per heavy atom. The predicted octanol–water partition coefficient (Wildman–Crippen LogP) is 0.318. The van der Waals surface area contributed by atoms with Gasteiger partial charge in [-0.15, -0.1) is 0 Å². The monoisotopic (exact) mass is 321 g/mol. The third-order valence-corrected chi connectivity index (χ3v) is 4.34. The van der Waals surface area contributed by atoms with Gasteiger partial charge >= 0.3 is 0 Å². The molecule has 1 aromatic rings. The highest BCUT2D eigenvalue weighted by Gasteiger charge is 2.26. The SMILES string of the molecule is CC(=O)NCC(=O)N1Cc2nccn2CC(CN(C)C(C)C)C1. The number of fused-ring (bicyclic) bond motifs is 1. The van der Waals surface area contributed by atoms with Gasteiger partial charge in [0.15, 0.2) is 0 Å². The lowest BCUT2D eigenvalue weighted by molar-refractivity contribution is -0.133. The van der Waals surface area contributed by atoms with Crippen LogP contribution in [0.1, 0.15) is 26.6 Å². The van der Waals surface area contributed by atoms with Gasteiger partial charge in [-0.3, -0.25) is 9.59 Å². The fourth-order valence-electron chi connectivity index (χ4n) is 2.78. The molecule has 1 unspecified atom stereocenters. The molecule has 1 aromatic heterocycles. The Balaban J connectivity index is 2.10. The molecule has 0 saturated carbocycles. The van der Waals surface area contributed by atoms with E-state index in [1.165, 1.54) is 6.92 Å². The van der Waals surface area contributed by atoms with Crippen LogP contribution >= 0.6 is 0 Å². The van der Waals surface area contributed by atoms with Crippen LogP contribution in [-0.2, 0) is 22.7 Å². The van der Waals surface area contributed by atoms with Gasteiger partial charge < -0.3 is 19.7 Å². The fourth-order valence-corrected chi connectivity index (χ4v) is 2.78. The maximum atomic E-state index is 12.4. The van der Waals surface area contributed by atoms with E-state index in [1.807, 2.05) is 6.20 Å². The van der Waals surface area contributed by atoms with Gasteiger partial charge in [-0.2, -0.15) is 0 Å². The number of amides is 2. The Hall–Kier alpha value is -1.89. The molecule has 0 saturated heterocycles. The van der Waals surface area contributed by atoms with Crippen LogP contribution in [0.2, 0.25) is 0 Å². The first-order valence-corrected chi connectivity index (χ1v) is 8.09. The predicted molar refractivity (Wildman–Crippen MR) is 87.6 cm³/mol. The molecule has 2 amide bonds. The molecular weight excluding hydrogens is 294 g/mol. The Morgan fingerprint density at radius 2 is 2.17 bits per heavy atom. The minimum atomic E-state index is -0.189. The Kier molecular flexibility index (Phi) is 5.76.